The Labute approximate surface area is 91.2 Å². The van der Waals surface area contributed by atoms with Crippen molar-refractivity contribution in [2.45, 2.75) is 31.7 Å². The normalized spacial score (nSPS) is 27.9. The molecule has 2 fully saturated rings. The van der Waals surface area contributed by atoms with Crippen molar-refractivity contribution in [2.24, 2.45) is 11.7 Å². The maximum atomic E-state index is 10.8. The van der Waals surface area contributed by atoms with E-state index in [1.54, 1.807) is 0 Å². The van der Waals surface area contributed by atoms with E-state index in [0.717, 1.165) is 25.7 Å². The van der Waals surface area contributed by atoms with E-state index in [1.807, 2.05) is 0 Å². The zero-order valence-corrected chi connectivity index (χ0v) is 9.24. The van der Waals surface area contributed by atoms with Crippen LogP contribution in [-0.2, 0) is 4.79 Å². The van der Waals surface area contributed by atoms with Crippen molar-refractivity contribution < 1.29 is 4.79 Å². The molecule has 1 unspecified atom stereocenters. The quantitative estimate of drug-likeness (QED) is 0.669. The van der Waals surface area contributed by atoms with Gasteiger partial charge in [0.1, 0.15) is 0 Å². The van der Waals surface area contributed by atoms with Crippen molar-refractivity contribution >= 4 is 5.91 Å². The molecule has 1 saturated heterocycles. The molecule has 2 rings (SSSR count). The number of primary amides is 1. The maximum Gasteiger partial charge on any atom is 0.231 e. The van der Waals surface area contributed by atoms with E-state index >= 15 is 0 Å². The van der Waals surface area contributed by atoms with Gasteiger partial charge in [-0.1, -0.05) is 0 Å². The fourth-order valence-corrected chi connectivity index (χ4v) is 2.30. The smallest absolute Gasteiger partial charge is 0.231 e. The molecule has 4 nitrogen and oxygen atoms in total. The minimum atomic E-state index is -0.203. The first-order valence-electron chi connectivity index (χ1n) is 5.98. The van der Waals surface area contributed by atoms with Crippen molar-refractivity contribution in [2.75, 3.05) is 26.2 Å². The maximum absolute atomic E-state index is 10.8. The fourth-order valence-electron chi connectivity index (χ4n) is 2.30. The molecule has 15 heavy (non-hydrogen) atoms. The molecule has 1 aliphatic carbocycles. The summed E-state index contributed by atoms with van der Waals surface area (Å²) in [6.07, 6.45) is 5.18. The average Bonchev–Trinajstić information content (AvgIpc) is 2.97. The van der Waals surface area contributed by atoms with Crippen LogP contribution in [0.1, 0.15) is 25.7 Å². The van der Waals surface area contributed by atoms with Crippen LogP contribution in [0.5, 0.6) is 0 Å². The molecule has 4 heteroatoms. The number of carbonyl (C=O) groups excluding carboxylic acids is 1. The Hall–Kier alpha value is -0.610. The third-order valence-corrected chi connectivity index (χ3v) is 3.26. The minimum absolute atomic E-state index is 0.203. The van der Waals surface area contributed by atoms with E-state index in [-0.39, 0.29) is 5.91 Å². The van der Waals surface area contributed by atoms with Crippen LogP contribution in [0.25, 0.3) is 0 Å². The Bertz CT molecular complexity index is 228. The van der Waals surface area contributed by atoms with Gasteiger partial charge in [0, 0.05) is 12.6 Å². The summed E-state index contributed by atoms with van der Waals surface area (Å²) in [4.78, 5) is 13.0. The van der Waals surface area contributed by atoms with Crippen LogP contribution >= 0.6 is 0 Å². The predicted octanol–water partition coefficient (Wildman–Crippen LogP) is -0.0643. The number of amides is 1. The van der Waals surface area contributed by atoms with Gasteiger partial charge in [-0.15, -0.1) is 0 Å². The number of nitrogens with zero attached hydrogens (tertiary/aromatic N) is 1. The summed E-state index contributed by atoms with van der Waals surface area (Å²) in [5, 5.41) is 3.56. The molecule has 1 amide bonds. The highest BCUT2D eigenvalue weighted by molar-refractivity contribution is 5.75. The average molecular weight is 211 g/mol. The number of nitrogens with two attached hydrogens (primary N) is 1. The minimum Gasteiger partial charge on any atom is -0.369 e. The highest BCUT2D eigenvalue weighted by Crippen LogP contribution is 2.21. The molecule has 0 aromatic carbocycles. The zero-order chi connectivity index (χ0) is 10.7. The van der Waals surface area contributed by atoms with Crippen LogP contribution in [0, 0.1) is 5.92 Å². The molecule has 0 spiro atoms. The molecule has 0 aromatic heterocycles. The van der Waals surface area contributed by atoms with Crippen LogP contribution in [0.4, 0.5) is 0 Å². The van der Waals surface area contributed by atoms with E-state index in [2.05, 4.69) is 10.2 Å². The second-order valence-corrected chi connectivity index (χ2v) is 4.89. The van der Waals surface area contributed by atoms with E-state index in [9.17, 15) is 4.79 Å². The number of nitrogens with one attached hydrogen (secondary N) is 1. The fraction of sp³-hybridized carbons (Fsp3) is 0.909. The molecule has 86 valence electrons. The van der Waals surface area contributed by atoms with Gasteiger partial charge in [0.05, 0.1) is 6.54 Å². The SMILES string of the molecule is NC(=O)CN1CCCC(CNC2CC2)C1. The Kier molecular flexibility index (Phi) is 3.59. The third-order valence-electron chi connectivity index (χ3n) is 3.26. The van der Waals surface area contributed by atoms with E-state index in [4.69, 9.17) is 5.73 Å². The molecule has 0 bridgehead atoms. The summed E-state index contributed by atoms with van der Waals surface area (Å²) in [6.45, 7) is 3.60. The number of hydrogen-bond donors (Lipinski definition) is 2. The summed E-state index contributed by atoms with van der Waals surface area (Å²) in [5.74, 6) is 0.504. The van der Waals surface area contributed by atoms with Gasteiger partial charge in [-0.2, -0.15) is 0 Å². The van der Waals surface area contributed by atoms with Crippen LogP contribution in [0.15, 0.2) is 0 Å². The molecular formula is C11H21N3O. The van der Waals surface area contributed by atoms with Crippen LogP contribution in [0.3, 0.4) is 0 Å². The number of piperidine rings is 1. The number of carbonyl (C=O) groups is 1. The topological polar surface area (TPSA) is 58.4 Å². The molecule has 1 aliphatic heterocycles. The molecule has 3 N–H and O–H groups in total. The van der Waals surface area contributed by atoms with Gasteiger partial charge in [0.15, 0.2) is 0 Å². The van der Waals surface area contributed by atoms with E-state index in [0.29, 0.717) is 12.5 Å². The van der Waals surface area contributed by atoms with E-state index in [1.165, 1.54) is 25.7 Å². The molecule has 1 saturated carbocycles. The lowest BCUT2D eigenvalue weighted by Gasteiger charge is -2.31. The van der Waals surface area contributed by atoms with Gasteiger partial charge >= 0.3 is 0 Å². The molecular weight excluding hydrogens is 190 g/mol. The predicted molar refractivity (Wildman–Crippen MR) is 59.4 cm³/mol. The summed E-state index contributed by atoms with van der Waals surface area (Å²) in [7, 11) is 0. The lowest BCUT2D eigenvalue weighted by Crippen LogP contribution is -2.43. The molecule has 2 aliphatic rings. The van der Waals surface area contributed by atoms with Crippen molar-refractivity contribution in [3.05, 3.63) is 0 Å². The lowest BCUT2D eigenvalue weighted by atomic mass is 9.98. The number of likely N-dealkylation sites (tertiary alicyclic amines) is 1. The number of hydrogen-bond acceptors (Lipinski definition) is 3. The summed E-state index contributed by atoms with van der Waals surface area (Å²) >= 11 is 0. The van der Waals surface area contributed by atoms with Crippen LogP contribution in [-0.4, -0.2) is 43.0 Å². The van der Waals surface area contributed by atoms with Gasteiger partial charge in [-0.25, -0.2) is 0 Å². The zero-order valence-electron chi connectivity index (χ0n) is 9.24. The standard InChI is InChI=1S/C11H21N3O/c12-11(15)8-14-5-1-2-9(7-14)6-13-10-3-4-10/h9-10,13H,1-8H2,(H2,12,15). The third kappa shape index (κ3) is 3.80. The summed E-state index contributed by atoms with van der Waals surface area (Å²) in [5.41, 5.74) is 5.20. The van der Waals surface area contributed by atoms with Crippen molar-refractivity contribution in [1.82, 2.24) is 10.2 Å². The second kappa shape index (κ2) is 4.94. The Morgan fingerprint density at radius 1 is 1.40 bits per heavy atom. The molecule has 0 radical (unpaired) electrons. The summed E-state index contributed by atoms with van der Waals surface area (Å²) in [6, 6.07) is 0.788. The molecule has 1 atom stereocenters. The van der Waals surface area contributed by atoms with Gasteiger partial charge < -0.3 is 11.1 Å². The second-order valence-electron chi connectivity index (χ2n) is 4.89. The van der Waals surface area contributed by atoms with Crippen molar-refractivity contribution in [1.29, 1.82) is 0 Å². The van der Waals surface area contributed by atoms with Gasteiger partial charge in [-0.3, -0.25) is 9.69 Å². The van der Waals surface area contributed by atoms with E-state index < -0.39 is 0 Å². The first kappa shape index (κ1) is 10.9. The highest BCUT2D eigenvalue weighted by Gasteiger charge is 2.24. The lowest BCUT2D eigenvalue weighted by molar-refractivity contribution is -0.119. The van der Waals surface area contributed by atoms with Crippen LogP contribution < -0.4 is 11.1 Å². The van der Waals surface area contributed by atoms with Gasteiger partial charge in [-0.05, 0) is 44.7 Å². The highest BCUT2D eigenvalue weighted by atomic mass is 16.1. The van der Waals surface area contributed by atoms with Crippen LogP contribution in [0.2, 0.25) is 0 Å². The molecule has 0 aromatic rings. The van der Waals surface area contributed by atoms with Gasteiger partial charge in [0.25, 0.3) is 0 Å². The first-order valence-corrected chi connectivity index (χ1v) is 5.98. The Morgan fingerprint density at radius 2 is 2.20 bits per heavy atom. The van der Waals surface area contributed by atoms with Gasteiger partial charge in [0.2, 0.25) is 5.91 Å². The van der Waals surface area contributed by atoms with Crippen molar-refractivity contribution in [3.63, 3.8) is 0 Å². The Morgan fingerprint density at radius 3 is 2.87 bits per heavy atom. The first-order chi connectivity index (χ1) is 7.24. The monoisotopic (exact) mass is 211 g/mol. The largest absolute Gasteiger partial charge is 0.369 e. The summed E-state index contributed by atoms with van der Waals surface area (Å²) < 4.78 is 0. The van der Waals surface area contributed by atoms with Crippen molar-refractivity contribution in [3.8, 4) is 0 Å². The Balaban J connectivity index is 1.68. The number of rotatable bonds is 5. The molecule has 1 heterocycles.